The van der Waals surface area contributed by atoms with Crippen LogP contribution in [-0.2, 0) is 16.0 Å². The number of aliphatic hydroxyl groups excluding tert-OH is 2. The van der Waals surface area contributed by atoms with Crippen LogP contribution in [0.5, 0.6) is 0 Å². The number of carboxylic acid groups (broad SMARTS) is 1. The molecule has 0 saturated heterocycles. The lowest BCUT2D eigenvalue weighted by Crippen LogP contribution is -2.24. The predicted molar refractivity (Wildman–Crippen MR) is 111 cm³/mol. The summed E-state index contributed by atoms with van der Waals surface area (Å²) in [4.78, 5) is 10.5. The lowest BCUT2D eigenvalue weighted by atomic mass is 9.88. The predicted octanol–water partition coefficient (Wildman–Crippen LogP) is 4.16. The van der Waals surface area contributed by atoms with Crippen molar-refractivity contribution in [3.05, 3.63) is 46.4 Å². The molecular weight excluding hydrogens is 376 g/mol. The number of methoxy groups -OCH3 is 1. The third kappa shape index (κ3) is 7.08. The number of allylic oxidation sites excluding steroid dienone is 3. The second-order valence-electron chi connectivity index (χ2n) is 7.39. The van der Waals surface area contributed by atoms with Gasteiger partial charge in [0.1, 0.15) is 0 Å². The number of rotatable bonds is 12. The second-order valence-corrected chi connectivity index (χ2v) is 8.17. The van der Waals surface area contributed by atoms with Crippen molar-refractivity contribution in [2.24, 2.45) is 11.8 Å². The molecule has 6 heteroatoms. The number of hydrogen-bond acceptors (Lipinski definition) is 5. The molecule has 0 amide bonds. The molecule has 0 aliphatic heterocycles. The van der Waals surface area contributed by atoms with Gasteiger partial charge in [0.05, 0.1) is 25.1 Å². The van der Waals surface area contributed by atoms with Gasteiger partial charge >= 0.3 is 5.97 Å². The van der Waals surface area contributed by atoms with Gasteiger partial charge < -0.3 is 20.1 Å². The summed E-state index contributed by atoms with van der Waals surface area (Å²) < 4.78 is 5.59. The molecule has 1 heterocycles. The highest BCUT2D eigenvalue weighted by Crippen LogP contribution is 2.40. The van der Waals surface area contributed by atoms with Crippen LogP contribution >= 0.6 is 11.3 Å². The quantitative estimate of drug-likeness (QED) is 0.275. The Morgan fingerprint density at radius 3 is 2.75 bits per heavy atom. The number of aliphatic carboxylic acids is 1. The van der Waals surface area contributed by atoms with Gasteiger partial charge in [-0.2, -0.15) is 11.3 Å². The zero-order chi connectivity index (χ0) is 20.4. The number of carboxylic acids is 1. The van der Waals surface area contributed by atoms with E-state index in [2.05, 4.69) is 22.9 Å². The van der Waals surface area contributed by atoms with Crippen LogP contribution in [0.25, 0.3) is 0 Å². The molecule has 1 aromatic heterocycles. The molecule has 0 bridgehead atoms. The number of carbonyl (C=O) groups is 1. The van der Waals surface area contributed by atoms with Crippen LogP contribution in [0.1, 0.15) is 50.5 Å². The number of hydrogen-bond donors (Lipinski definition) is 3. The van der Waals surface area contributed by atoms with E-state index < -0.39 is 18.2 Å². The van der Waals surface area contributed by atoms with E-state index in [0.29, 0.717) is 25.7 Å². The SMILES string of the molecule is COC(=CCCCc1ccsc1)C1C(CC=CCCCC(=O)O)[C@H](O)C[C@@H]1O. The first-order valence-electron chi connectivity index (χ1n) is 10.0. The van der Waals surface area contributed by atoms with Crippen molar-refractivity contribution < 1.29 is 24.9 Å². The minimum atomic E-state index is -0.781. The molecule has 1 aromatic rings. The van der Waals surface area contributed by atoms with Crippen LogP contribution in [0, 0.1) is 11.8 Å². The van der Waals surface area contributed by atoms with Gasteiger partial charge in [0.25, 0.3) is 0 Å². The Morgan fingerprint density at radius 2 is 2.07 bits per heavy atom. The fourth-order valence-electron chi connectivity index (χ4n) is 3.88. The fourth-order valence-corrected chi connectivity index (χ4v) is 4.58. The Labute approximate surface area is 171 Å². The third-order valence-electron chi connectivity index (χ3n) is 5.35. The first-order valence-corrected chi connectivity index (χ1v) is 10.9. The Kier molecular flexibility index (Phi) is 9.75. The van der Waals surface area contributed by atoms with Crippen LogP contribution in [0.15, 0.2) is 40.8 Å². The Morgan fingerprint density at radius 1 is 1.25 bits per heavy atom. The van der Waals surface area contributed by atoms with Crippen LogP contribution in [0.2, 0.25) is 0 Å². The molecule has 1 aliphatic rings. The molecule has 1 fully saturated rings. The van der Waals surface area contributed by atoms with E-state index in [-0.39, 0.29) is 18.3 Å². The summed E-state index contributed by atoms with van der Waals surface area (Å²) in [7, 11) is 1.63. The minimum absolute atomic E-state index is 0.0891. The van der Waals surface area contributed by atoms with Crippen molar-refractivity contribution in [1.29, 1.82) is 0 Å². The highest BCUT2D eigenvalue weighted by Gasteiger charge is 2.43. The van der Waals surface area contributed by atoms with E-state index in [1.807, 2.05) is 12.2 Å². The van der Waals surface area contributed by atoms with Crippen molar-refractivity contribution in [1.82, 2.24) is 0 Å². The Balaban J connectivity index is 1.89. The smallest absolute Gasteiger partial charge is 0.303 e. The zero-order valence-electron chi connectivity index (χ0n) is 16.5. The van der Waals surface area contributed by atoms with E-state index in [1.165, 1.54) is 5.56 Å². The molecule has 0 radical (unpaired) electrons. The normalized spacial score (nSPS) is 25.5. The van der Waals surface area contributed by atoms with Crippen molar-refractivity contribution >= 4 is 17.3 Å². The molecule has 28 heavy (non-hydrogen) atoms. The number of aliphatic hydroxyl groups is 2. The summed E-state index contributed by atoms with van der Waals surface area (Å²) in [6, 6.07) is 2.14. The molecule has 1 saturated carbocycles. The molecule has 3 N–H and O–H groups in total. The van der Waals surface area contributed by atoms with E-state index in [0.717, 1.165) is 25.0 Å². The molecule has 0 aromatic carbocycles. The molecule has 0 spiro atoms. The van der Waals surface area contributed by atoms with Gasteiger partial charge in [0.15, 0.2) is 0 Å². The maximum atomic E-state index is 10.5. The minimum Gasteiger partial charge on any atom is -0.501 e. The monoisotopic (exact) mass is 408 g/mol. The van der Waals surface area contributed by atoms with Crippen LogP contribution < -0.4 is 0 Å². The summed E-state index contributed by atoms with van der Waals surface area (Å²) in [5, 5.41) is 33.8. The lowest BCUT2D eigenvalue weighted by Gasteiger charge is -2.24. The van der Waals surface area contributed by atoms with Crippen molar-refractivity contribution in [2.45, 2.75) is 63.6 Å². The Bertz CT molecular complexity index is 637. The van der Waals surface area contributed by atoms with Crippen LogP contribution in [0.4, 0.5) is 0 Å². The van der Waals surface area contributed by atoms with Gasteiger partial charge in [-0.3, -0.25) is 4.79 Å². The highest BCUT2D eigenvalue weighted by atomic mass is 32.1. The van der Waals surface area contributed by atoms with Crippen molar-refractivity contribution in [3.8, 4) is 0 Å². The van der Waals surface area contributed by atoms with E-state index in [9.17, 15) is 15.0 Å². The van der Waals surface area contributed by atoms with E-state index in [4.69, 9.17) is 9.84 Å². The average Bonchev–Trinajstić information content (AvgIpc) is 3.26. The number of thiophene rings is 1. The maximum absolute atomic E-state index is 10.5. The van der Waals surface area contributed by atoms with Gasteiger partial charge in [0.2, 0.25) is 0 Å². The summed E-state index contributed by atoms with van der Waals surface area (Å²) >= 11 is 1.71. The van der Waals surface area contributed by atoms with Gasteiger partial charge in [-0.05, 0) is 67.0 Å². The van der Waals surface area contributed by atoms with E-state index in [1.54, 1.807) is 18.4 Å². The summed E-state index contributed by atoms with van der Waals surface area (Å²) in [6.45, 7) is 0. The second kappa shape index (κ2) is 12.0. The summed E-state index contributed by atoms with van der Waals surface area (Å²) in [6.07, 6.45) is 10.2. The van der Waals surface area contributed by atoms with Crippen molar-refractivity contribution in [3.63, 3.8) is 0 Å². The standard InChI is InChI=1S/C22H32O5S/c1-27-20(10-7-6-8-16-12-13-28-15-16)22-17(18(23)14-19(22)24)9-4-2-3-5-11-21(25)26/h2,4,10,12-13,15,17-19,22-24H,3,5-9,11,14H2,1H3,(H,25,26)/t17?,18-,19+,22?/m1/s1. The topological polar surface area (TPSA) is 87.0 Å². The largest absolute Gasteiger partial charge is 0.501 e. The number of unbranched alkanes of at least 4 members (excludes halogenated alkanes) is 2. The number of ether oxygens (including phenoxy) is 1. The average molecular weight is 409 g/mol. The van der Waals surface area contributed by atoms with Crippen LogP contribution in [-0.4, -0.2) is 40.6 Å². The first-order chi connectivity index (χ1) is 13.5. The third-order valence-corrected chi connectivity index (χ3v) is 6.08. The highest BCUT2D eigenvalue weighted by molar-refractivity contribution is 7.07. The molecule has 2 rings (SSSR count). The molecule has 5 nitrogen and oxygen atoms in total. The lowest BCUT2D eigenvalue weighted by molar-refractivity contribution is -0.137. The summed E-state index contributed by atoms with van der Waals surface area (Å²) in [5.74, 6) is -0.311. The van der Waals surface area contributed by atoms with Gasteiger partial charge in [0, 0.05) is 24.7 Å². The van der Waals surface area contributed by atoms with Gasteiger partial charge in [-0.25, -0.2) is 0 Å². The first kappa shape index (κ1) is 22.7. The fraction of sp³-hybridized carbons (Fsp3) is 0.591. The molecule has 4 atom stereocenters. The maximum Gasteiger partial charge on any atom is 0.303 e. The molecule has 156 valence electrons. The van der Waals surface area contributed by atoms with E-state index >= 15 is 0 Å². The molecular formula is C22H32O5S. The van der Waals surface area contributed by atoms with Crippen LogP contribution in [0.3, 0.4) is 0 Å². The molecule has 2 unspecified atom stereocenters. The zero-order valence-corrected chi connectivity index (χ0v) is 17.3. The number of aryl methyl sites for hydroxylation is 1. The van der Waals surface area contributed by atoms with Gasteiger partial charge in [-0.15, -0.1) is 0 Å². The van der Waals surface area contributed by atoms with Gasteiger partial charge in [-0.1, -0.05) is 12.2 Å². The summed E-state index contributed by atoms with van der Waals surface area (Å²) in [5.41, 5.74) is 1.35. The molecule has 1 aliphatic carbocycles. The van der Waals surface area contributed by atoms with Crippen molar-refractivity contribution in [2.75, 3.05) is 7.11 Å². The Hall–Kier alpha value is -1.63.